The molecule has 3 aliphatic heterocycles. The lowest BCUT2D eigenvalue weighted by molar-refractivity contribution is 0.137. The Balaban J connectivity index is 1.11. The molecule has 1 aromatic carbocycles. The van der Waals surface area contributed by atoms with Crippen LogP contribution in [0.3, 0.4) is 0 Å². The Morgan fingerprint density at radius 2 is 1.84 bits per heavy atom. The van der Waals surface area contributed by atoms with Crippen LogP contribution in [0, 0.1) is 5.92 Å². The highest BCUT2D eigenvalue weighted by atomic mass is 32.2. The Hall–Kier alpha value is -4.07. The highest BCUT2D eigenvalue weighted by Crippen LogP contribution is 2.32. The molecule has 12 nitrogen and oxygen atoms in total. The van der Waals surface area contributed by atoms with E-state index in [0.29, 0.717) is 28.6 Å². The summed E-state index contributed by atoms with van der Waals surface area (Å²) in [5.74, 6) is 1.96. The van der Waals surface area contributed by atoms with Gasteiger partial charge in [0.15, 0.2) is 17.3 Å². The maximum Gasteiger partial charge on any atom is 0.278 e. The molecule has 3 fully saturated rings. The van der Waals surface area contributed by atoms with Gasteiger partial charge in [-0.1, -0.05) is 12.1 Å². The molecule has 0 spiro atoms. The first-order valence-electron chi connectivity index (χ1n) is 15.1. The van der Waals surface area contributed by atoms with Crippen LogP contribution in [0.4, 0.5) is 23.1 Å². The van der Waals surface area contributed by atoms with Crippen molar-refractivity contribution in [1.29, 1.82) is 0 Å². The van der Waals surface area contributed by atoms with E-state index in [9.17, 15) is 9.00 Å². The number of aromatic nitrogens is 5. The summed E-state index contributed by atoms with van der Waals surface area (Å²) in [7, 11) is -2.42. The van der Waals surface area contributed by atoms with Gasteiger partial charge < -0.3 is 15.1 Å². The van der Waals surface area contributed by atoms with Crippen LogP contribution in [0.25, 0.3) is 16.9 Å². The lowest BCUT2D eigenvalue weighted by Crippen LogP contribution is -2.53. The van der Waals surface area contributed by atoms with Gasteiger partial charge in [0.1, 0.15) is 5.39 Å². The number of pyridine rings is 1. The number of anilines is 3. The van der Waals surface area contributed by atoms with E-state index < -0.39 is 9.73 Å². The van der Waals surface area contributed by atoms with Gasteiger partial charge in [-0.2, -0.15) is 9.35 Å². The monoisotopic (exact) mass is 614 g/mol. The number of nitrogens with one attached hydrogen (secondary N) is 1. The van der Waals surface area contributed by atoms with Crippen molar-refractivity contribution in [1.82, 2.24) is 34.1 Å². The summed E-state index contributed by atoms with van der Waals surface area (Å²) in [5, 5.41) is 3.65. The second-order valence-electron chi connectivity index (χ2n) is 12.1. The Kier molecular flexibility index (Phi) is 7.47. The lowest BCUT2D eigenvalue weighted by Gasteiger charge is -2.41. The smallest absolute Gasteiger partial charge is 0.278 e. The largest absolute Gasteiger partial charge is 0.369 e. The predicted octanol–water partition coefficient (Wildman–Crippen LogP) is 3.09. The third-order valence-corrected chi connectivity index (χ3v) is 9.42. The number of allylic oxidation sites excluding steroid dienone is 1. The van der Waals surface area contributed by atoms with E-state index in [0.717, 1.165) is 43.8 Å². The summed E-state index contributed by atoms with van der Waals surface area (Å²) in [6.07, 6.45) is 7.63. The summed E-state index contributed by atoms with van der Waals surface area (Å²) < 4.78 is 19.6. The Labute approximate surface area is 257 Å². The number of piperazine rings is 1. The molecular weight excluding hydrogens is 576 g/mol. The molecule has 6 heterocycles. The van der Waals surface area contributed by atoms with Crippen molar-refractivity contribution in [3.8, 4) is 5.82 Å². The first-order chi connectivity index (χ1) is 21.3. The molecule has 1 N–H and O–H groups in total. The average molecular weight is 615 g/mol. The van der Waals surface area contributed by atoms with Crippen LogP contribution in [0.5, 0.6) is 0 Å². The number of fused-ring (bicyclic) bond motifs is 3. The number of nitrogens with zero attached hydrogens (tertiary/aromatic N) is 9. The average Bonchev–Trinajstić information content (AvgIpc) is 3.71. The molecular formula is C31H38N10O2S. The SMILES string of the molecule is C=CCn1c(=O)c2cnc(Nc3ccc(N4CCN(C5CN6CCC5C6)CC4)cc3)nc2n1-c1cccc(N=S(C)(C)=O)n1. The quantitative estimate of drug-likeness (QED) is 0.299. The van der Waals surface area contributed by atoms with E-state index in [1.54, 1.807) is 41.5 Å². The molecule has 0 radical (unpaired) electrons. The Morgan fingerprint density at radius 3 is 2.52 bits per heavy atom. The van der Waals surface area contributed by atoms with Gasteiger partial charge in [0.05, 0.1) is 6.54 Å². The van der Waals surface area contributed by atoms with Crippen LogP contribution < -0.4 is 15.8 Å². The van der Waals surface area contributed by atoms with Crippen molar-refractivity contribution in [2.45, 2.75) is 19.0 Å². The van der Waals surface area contributed by atoms with E-state index >= 15 is 0 Å². The van der Waals surface area contributed by atoms with Gasteiger partial charge in [-0.25, -0.2) is 23.5 Å². The molecule has 0 saturated carbocycles. The first kappa shape index (κ1) is 28.7. The zero-order valence-corrected chi connectivity index (χ0v) is 26.0. The summed E-state index contributed by atoms with van der Waals surface area (Å²) in [4.78, 5) is 34.8. The van der Waals surface area contributed by atoms with Gasteiger partial charge in [0.25, 0.3) is 5.56 Å². The highest BCUT2D eigenvalue weighted by molar-refractivity contribution is 7.92. The van der Waals surface area contributed by atoms with Crippen LogP contribution in [0.15, 0.2) is 70.5 Å². The molecule has 0 amide bonds. The van der Waals surface area contributed by atoms with Crippen molar-refractivity contribution in [3.05, 3.63) is 71.7 Å². The normalized spacial score (nSPS) is 22.0. The fourth-order valence-corrected chi connectivity index (χ4v) is 7.33. The molecule has 4 aromatic rings. The number of benzene rings is 1. The molecule has 3 aliphatic rings. The van der Waals surface area contributed by atoms with Gasteiger partial charge in [-0.15, -0.1) is 6.58 Å². The van der Waals surface area contributed by atoms with Crippen LogP contribution in [0.2, 0.25) is 0 Å². The van der Waals surface area contributed by atoms with Crippen molar-refractivity contribution in [2.24, 2.45) is 10.3 Å². The number of rotatable bonds is 8. The Morgan fingerprint density at radius 1 is 1.05 bits per heavy atom. The zero-order chi connectivity index (χ0) is 30.4. The standard InChI is InChI=1S/C31H38N10O2S/c1-4-13-40-30(42)25-19-32-31(35-29(25)41(40)28-7-5-6-27(34-28)36-44(2,3)43)33-23-8-10-24(11-9-23)38-15-17-39(18-16-38)26-21-37-14-12-22(26)20-37/h4-11,19,22,26H,1,12-18,20-21H2,2-3H3,(H,32,33,35). The van der Waals surface area contributed by atoms with Gasteiger partial charge in [0, 0.05) is 85.1 Å². The Bertz CT molecular complexity index is 1880. The van der Waals surface area contributed by atoms with E-state index in [1.807, 2.05) is 12.1 Å². The number of hydrogen-bond acceptors (Lipinski definition) is 10. The molecule has 3 aromatic heterocycles. The van der Waals surface area contributed by atoms with Crippen molar-refractivity contribution in [2.75, 3.05) is 68.5 Å². The number of piperidine rings is 1. The van der Waals surface area contributed by atoms with Gasteiger partial charge in [-0.3, -0.25) is 9.69 Å². The first-order valence-corrected chi connectivity index (χ1v) is 17.4. The summed E-state index contributed by atoms with van der Waals surface area (Å²) in [6.45, 7) is 12.2. The van der Waals surface area contributed by atoms with Crippen molar-refractivity contribution in [3.63, 3.8) is 0 Å². The topological polar surface area (TPSA) is 117 Å². The van der Waals surface area contributed by atoms with Crippen LogP contribution in [-0.2, 0) is 16.3 Å². The molecule has 7 rings (SSSR count). The lowest BCUT2D eigenvalue weighted by atomic mass is 9.98. The van der Waals surface area contributed by atoms with E-state index in [2.05, 4.69) is 53.1 Å². The van der Waals surface area contributed by atoms with Crippen LogP contribution >= 0.6 is 0 Å². The van der Waals surface area contributed by atoms with Crippen molar-refractivity contribution >= 4 is 43.9 Å². The van der Waals surface area contributed by atoms with E-state index in [1.165, 1.54) is 42.6 Å². The molecule has 230 valence electrons. The van der Waals surface area contributed by atoms with E-state index in [4.69, 9.17) is 4.98 Å². The third-order valence-electron chi connectivity index (χ3n) is 8.80. The minimum atomic E-state index is -2.42. The second kappa shape index (κ2) is 11.5. The maximum absolute atomic E-state index is 13.3. The maximum atomic E-state index is 13.3. The minimum absolute atomic E-state index is 0.245. The highest BCUT2D eigenvalue weighted by Gasteiger charge is 2.41. The molecule has 13 heteroatoms. The third kappa shape index (κ3) is 5.62. The molecule has 3 atom stereocenters. The van der Waals surface area contributed by atoms with Crippen molar-refractivity contribution < 1.29 is 4.21 Å². The van der Waals surface area contributed by atoms with Gasteiger partial charge in [-0.05, 0) is 55.3 Å². The molecule has 2 bridgehead atoms. The molecule has 44 heavy (non-hydrogen) atoms. The second-order valence-corrected chi connectivity index (χ2v) is 14.7. The summed E-state index contributed by atoms with van der Waals surface area (Å²) in [6, 6.07) is 14.3. The van der Waals surface area contributed by atoms with E-state index in [-0.39, 0.29) is 12.1 Å². The minimum Gasteiger partial charge on any atom is -0.369 e. The number of hydrogen-bond donors (Lipinski definition) is 1. The summed E-state index contributed by atoms with van der Waals surface area (Å²) in [5.41, 5.74) is 2.20. The molecule has 3 unspecified atom stereocenters. The zero-order valence-electron chi connectivity index (χ0n) is 25.2. The van der Waals surface area contributed by atoms with Crippen LogP contribution in [0.1, 0.15) is 6.42 Å². The fraction of sp³-hybridized carbons (Fsp3) is 0.419. The summed E-state index contributed by atoms with van der Waals surface area (Å²) >= 11 is 0. The fourth-order valence-electron chi connectivity index (χ4n) is 6.78. The molecule has 0 aliphatic carbocycles. The van der Waals surface area contributed by atoms with Gasteiger partial charge >= 0.3 is 0 Å². The molecule has 3 saturated heterocycles. The van der Waals surface area contributed by atoms with Gasteiger partial charge in [0.2, 0.25) is 5.95 Å². The predicted molar refractivity (Wildman–Crippen MR) is 175 cm³/mol. The van der Waals surface area contributed by atoms with Crippen LogP contribution in [-0.4, -0.2) is 103 Å².